The molecule has 3 aromatic heterocycles. The molecule has 8 heteroatoms. The standard InChI is InChI=1S/C19H25N7O/c1-12(2)26-11-24-15-9-22-14(8-16(15)26)7-13-5-6-21-18(25-13)23-10-19(3,4)17(20)27/h5-6,8-9,11-12H,7,10H2,1-4H3,(H2,20,27)(H,21,23,25). The summed E-state index contributed by atoms with van der Waals surface area (Å²) in [6, 6.07) is 4.23. The number of anilines is 1. The molecule has 3 heterocycles. The molecule has 0 bridgehead atoms. The van der Waals surface area contributed by atoms with E-state index in [0.29, 0.717) is 25.0 Å². The largest absolute Gasteiger partial charge is 0.369 e. The molecule has 0 fully saturated rings. The Morgan fingerprint density at radius 1 is 1.26 bits per heavy atom. The highest BCUT2D eigenvalue weighted by molar-refractivity contribution is 5.80. The van der Waals surface area contributed by atoms with Crippen LogP contribution in [0.4, 0.5) is 5.95 Å². The number of amides is 1. The topological polar surface area (TPSA) is 112 Å². The fourth-order valence-electron chi connectivity index (χ4n) is 2.63. The Balaban J connectivity index is 1.77. The van der Waals surface area contributed by atoms with Gasteiger partial charge in [0.25, 0.3) is 0 Å². The molecule has 0 radical (unpaired) electrons. The van der Waals surface area contributed by atoms with Crippen molar-refractivity contribution < 1.29 is 4.79 Å². The molecule has 0 unspecified atom stereocenters. The molecule has 3 aromatic rings. The van der Waals surface area contributed by atoms with Gasteiger partial charge in [0.05, 0.1) is 29.1 Å². The van der Waals surface area contributed by atoms with Crippen molar-refractivity contribution >= 4 is 22.9 Å². The molecule has 8 nitrogen and oxygen atoms in total. The molecule has 0 aliphatic carbocycles. The number of rotatable bonds is 7. The predicted molar refractivity (Wildman–Crippen MR) is 104 cm³/mol. The minimum atomic E-state index is -0.679. The normalized spacial score (nSPS) is 11.9. The number of pyridine rings is 1. The highest BCUT2D eigenvalue weighted by atomic mass is 16.1. The van der Waals surface area contributed by atoms with E-state index in [9.17, 15) is 4.79 Å². The number of aromatic nitrogens is 5. The molecular weight excluding hydrogens is 342 g/mol. The second-order valence-electron chi connectivity index (χ2n) is 7.56. The molecule has 3 N–H and O–H groups in total. The van der Waals surface area contributed by atoms with Crippen molar-refractivity contribution in [3.8, 4) is 0 Å². The quantitative estimate of drug-likeness (QED) is 0.663. The molecule has 0 aliphatic heterocycles. The summed E-state index contributed by atoms with van der Waals surface area (Å²) in [6.07, 6.45) is 5.90. The Bertz CT molecular complexity index is 962. The smallest absolute Gasteiger partial charge is 0.224 e. The number of carbonyl (C=O) groups is 1. The van der Waals surface area contributed by atoms with Gasteiger partial charge in [-0.05, 0) is 39.8 Å². The van der Waals surface area contributed by atoms with Crippen LogP contribution in [0.2, 0.25) is 0 Å². The molecule has 0 saturated carbocycles. The first-order valence-corrected chi connectivity index (χ1v) is 8.93. The Labute approximate surface area is 158 Å². The van der Waals surface area contributed by atoms with E-state index in [1.165, 1.54) is 0 Å². The van der Waals surface area contributed by atoms with Crippen LogP contribution in [-0.4, -0.2) is 37.0 Å². The first-order chi connectivity index (χ1) is 12.8. The summed E-state index contributed by atoms with van der Waals surface area (Å²) in [5.41, 5.74) is 8.41. The van der Waals surface area contributed by atoms with Crippen molar-refractivity contribution in [3.05, 3.63) is 42.2 Å². The zero-order valence-electron chi connectivity index (χ0n) is 16.1. The lowest BCUT2D eigenvalue weighted by atomic mass is 9.93. The van der Waals surface area contributed by atoms with Crippen LogP contribution in [0.5, 0.6) is 0 Å². The average Bonchev–Trinajstić information content (AvgIpc) is 3.04. The summed E-state index contributed by atoms with van der Waals surface area (Å²) >= 11 is 0. The van der Waals surface area contributed by atoms with E-state index in [0.717, 1.165) is 22.4 Å². The molecule has 142 valence electrons. The van der Waals surface area contributed by atoms with E-state index >= 15 is 0 Å². The number of nitrogens with zero attached hydrogens (tertiary/aromatic N) is 5. The Kier molecular flexibility index (Phi) is 5.07. The molecule has 0 aromatic carbocycles. The summed E-state index contributed by atoms with van der Waals surface area (Å²) < 4.78 is 2.12. The van der Waals surface area contributed by atoms with Crippen molar-refractivity contribution in [2.45, 2.75) is 40.2 Å². The highest BCUT2D eigenvalue weighted by Gasteiger charge is 2.24. The number of imidazole rings is 1. The van der Waals surface area contributed by atoms with Gasteiger partial charge in [0.2, 0.25) is 11.9 Å². The number of hydrogen-bond donors (Lipinski definition) is 2. The minimum Gasteiger partial charge on any atom is -0.369 e. The number of hydrogen-bond acceptors (Lipinski definition) is 6. The number of primary amides is 1. The third-order valence-electron chi connectivity index (χ3n) is 4.51. The van der Waals surface area contributed by atoms with Gasteiger partial charge in [-0.25, -0.2) is 15.0 Å². The zero-order chi connectivity index (χ0) is 19.6. The summed E-state index contributed by atoms with van der Waals surface area (Å²) in [5, 5.41) is 3.08. The maximum Gasteiger partial charge on any atom is 0.224 e. The first kappa shape index (κ1) is 18.8. The van der Waals surface area contributed by atoms with E-state index in [-0.39, 0.29) is 5.91 Å². The van der Waals surface area contributed by atoms with Crippen molar-refractivity contribution in [1.29, 1.82) is 0 Å². The van der Waals surface area contributed by atoms with Gasteiger partial charge in [0, 0.05) is 30.9 Å². The number of carbonyl (C=O) groups excluding carboxylic acids is 1. The van der Waals surface area contributed by atoms with Crippen LogP contribution in [0.15, 0.2) is 30.9 Å². The minimum absolute atomic E-state index is 0.328. The van der Waals surface area contributed by atoms with Crippen LogP contribution in [0, 0.1) is 5.41 Å². The van der Waals surface area contributed by atoms with Crippen LogP contribution in [0.3, 0.4) is 0 Å². The van der Waals surface area contributed by atoms with Gasteiger partial charge < -0.3 is 15.6 Å². The van der Waals surface area contributed by atoms with E-state index in [2.05, 4.69) is 43.7 Å². The summed E-state index contributed by atoms with van der Waals surface area (Å²) in [4.78, 5) is 29.1. The SMILES string of the molecule is CC(C)n1cnc2cnc(Cc3ccnc(NCC(C)(C)C(N)=O)n3)cc21. The Morgan fingerprint density at radius 3 is 2.74 bits per heavy atom. The van der Waals surface area contributed by atoms with Crippen LogP contribution < -0.4 is 11.1 Å². The maximum atomic E-state index is 11.4. The summed E-state index contributed by atoms with van der Waals surface area (Å²) in [5.74, 6) is 0.0977. The predicted octanol–water partition coefficient (Wildman–Crippen LogP) is 2.32. The van der Waals surface area contributed by atoms with Gasteiger partial charge in [-0.2, -0.15) is 0 Å². The molecule has 27 heavy (non-hydrogen) atoms. The van der Waals surface area contributed by atoms with E-state index in [4.69, 9.17) is 5.73 Å². The van der Waals surface area contributed by atoms with Crippen molar-refractivity contribution in [1.82, 2.24) is 24.5 Å². The van der Waals surface area contributed by atoms with Gasteiger partial charge in [0.1, 0.15) is 5.52 Å². The molecular formula is C19H25N7O. The number of fused-ring (bicyclic) bond motifs is 1. The van der Waals surface area contributed by atoms with Crippen molar-refractivity contribution in [3.63, 3.8) is 0 Å². The van der Waals surface area contributed by atoms with Gasteiger partial charge in [-0.1, -0.05) is 0 Å². The van der Waals surface area contributed by atoms with Gasteiger partial charge >= 0.3 is 0 Å². The lowest BCUT2D eigenvalue weighted by Gasteiger charge is -2.20. The third-order valence-corrected chi connectivity index (χ3v) is 4.51. The highest BCUT2D eigenvalue weighted by Crippen LogP contribution is 2.19. The maximum absolute atomic E-state index is 11.4. The van der Waals surface area contributed by atoms with Crippen LogP contribution in [0.25, 0.3) is 11.0 Å². The Morgan fingerprint density at radius 2 is 2.04 bits per heavy atom. The molecule has 1 amide bonds. The van der Waals surface area contributed by atoms with Gasteiger partial charge in [-0.3, -0.25) is 9.78 Å². The first-order valence-electron chi connectivity index (χ1n) is 8.93. The Hall–Kier alpha value is -3.03. The fraction of sp³-hybridized carbons (Fsp3) is 0.421. The monoisotopic (exact) mass is 367 g/mol. The molecule has 0 saturated heterocycles. The summed E-state index contributed by atoms with van der Waals surface area (Å²) in [7, 11) is 0. The van der Waals surface area contributed by atoms with E-state index < -0.39 is 5.41 Å². The lowest BCUT2D eigenvalue weighted by Crippen LogP contribution is -2.37. The molecule has 0 spiro atoms. The second-order valence-corrected chi connectivity index (χ2v) is 7.56. The van der Waals surface area contributed by atoms with Crippen LogP contribution in [0.1, 0.15) is 45.1 Å². The third kappa shape index (κ3) is 4.21. The fourth-order valence-corrected chi connectivity index (χ4v) is 2.63. The zero-order valence-corrected chi connectivity index (χ0v) is 16.1. The number of nitrogens with two attached hydrogens (primary N) is 1. The van der Waals surface area contributed by atoms with Crippen LogP contribution in [-0.2, 0) is 11.2 Å². The van der Waals surface area contributed by atoms with Crippen LogP contribution >= 0.6 is 0 Å². The molecule has 0 aliphatic rings. The van der Waals surface area contributed by atoms with Crippen molar-refractivity contribution in [2.75, 3.05) is 11.9 Å². The van der Waals surface area contributed by atoms with Gasteiger partial charge in [0.15, 0.2) is 0 Å². The van der Waals surface area contributed by atoms with Gasteiger partial charge in [-0.15, -0.1) is 0 Å². The molecule has 0 atom stereocenters. The molecule has 3 rings (SSSR count). The average molecular weight is 367 g/mol. The summed E-state index contributed by atoms with van der Waals surface area (Å²) in [6.45, 7) is 8.17. The van der Waals surface area contributed by atoms with E-state index in [1.807, 2.05) is 18.5 Å². The van der Waals surface area contributed by atoms with E-state index in [1.54, 1.807) is 26.2 Å². The second kappa shape index (κ2) is 7.30. The lowest BCUT2D eigenvalue weighted by molar-refractivity contribution is -0.125. The number of nitrogens with one attached hydrogen (secondary N) is 1. The van der Waals surface area contributed by atoms with Crippen molar-refractivity contribution in [2.24, 2.45) is 11.1 Å².